The summed E-state index contributed by atoms with van der Waals surface area (Å²) in [5.74, 6) is -3.18. The lowest BCUT2D eigenvalue weighted by molar-refractivity contribution is 0.0696. The van der Waals surface area contributed by atoms with Crippen molar-refractivity contribution in [1.29, 1.82) is 0 Å². The molecule has 0 radical (unpaired) electrons. The van der Waals surface area contributed by atoms with Gasteiger partial charge in [-0.25, -0.2) is 9.59 Å². The van der Waals surface area contributed by atoms with Crippen LogP contribution >= 0.6 is 11.5 Å². The first-order chi connectivity index (χ1) is 9.47. The van der Waals surface area contributed by atoms with Gasteiger partial charge in [0, 0.05) is 11.1 Å². The zero-order valence-corrected chi connectivity index (χ0v) is 10.5. The Balaban J connectivity index is 2.33. The average Bonchev–Trinajstić information content (AvgIpc) is 2.92. The van der Waals surface area contributed by atoms with E-state index < -0.39 is 17.8 Å². The van der Waals surface area contributed by atoms with Crippen LogP contribution in [0.3, 0.4) is 0 Å². The van der Waals surface area contributed by atoms with E-state index in [4.69, 9.17) is 10.2 Å². The minimum Gasteiger partial charge on any atom is -0.478 e. The number of rotatable bonds is 4. The number of carboxylic acid groups (broad SMARTS) is 2. The Labute approximate surface area is 115 Å². The summed E-state index contributed by atoms with van der Waals surface area (Å²) in [6.07, 6.45) is 0. The number of carbonyl (C=O) groups is 3. The third-order valence-corrected chi connectivity index (χ3v) is 2.78. The van der Waals surface area contributed by atoms with E-state index >= 15 is 0 Å². The molecule has 0 aliphatic heterocycles. The van der Waals surface area contributed by atoms with Crippen molar-refractivity contribution in [3.05, 3.63) is 40.4 Å². The zero-order chi connectivity index (χ0) is 14.7. The van der Waals surface area contributed by atoms with Crippen LogP contribution in [0.15, 0.2) is 23.6 Å². The number of nitrogens with zero attached hydrogens (tertiary/aromatic N) is 2. The van der Waals surface area contributed by atoms with Crippen LogP contribution in [-0.2, 0) is 0 Å². The van der Waals surface area contributed by atoms with Crippen molar-refractivity contribution in [3.63, 3.8) is 0 Å². The number of hydrogen-bond donors (Lipinski definition) is 3. The molecule has 2 aromatic rings. The highest BCUT2D eigenvalue weighted by Crippen LogP contribution is 2.16. The third kappa shape index (κ3) is 2.95. The van der Waals surface area contributed by atoms with E-state index in [1.165, 1.54) is 5.38 Å². The van der Waals surface area contributed by atoms with E-state index in [1.54, 1.807) is 0 Å². The van der Waals surface area contributed by atoms with Crippen molar-refractivity contribution in [3.8, 4) is 0 Å². The Morgan fingerprint density at radius 1 is 1.05 bits per heavy atom. The second-order valence-electron chi connectivity index (χ2n) is 3.65. The topological polar surface area (TPSA) is 129 Å². The molecule has 0 unspecified atom stereocenters. The fourth-order valence-electron chi connectivity index (χ4n) is 1.41. The van der Waals surface area contributed by atoms with Crippen LogP contribution in [0, 0.1) is 0 Å². The monoisotopic (exact) mass is 293 g/mol. The number of aromatic nitrogens is 2. The molecule has 8 nitrogen and oxygen atoms in total. The molecule has 1 amide bonds. The van der Waals surface area contributed by atoms with E-state index in [9.17, 15) is 14.4 Å². The van der Waals surface area contributed by atoms with Crippen LogP contribution in [0.2, 0.25) is 0 Å². The highest BCUT2D eigenvalue weighted by atomic mass is 32.1. The first-order valence-corrected chi connectivity index (χ1v) is 6.01. The maximum atomic E-state index is 11.7. The first kappa shape index (κ1) is 13.6. The predicted octanol–water partition coefficient (Wildman–Crippen LogP) is 1.19. The van der Waals surface area contributed by atoms with Gasteiger partial charge in [-0.1, -0.05) is 4.49 Å². The van der Waals surface area contributed by atoms with Crippen molar-refractivity contribution in [2.24, 2.45) is 0 Å². The second-order valence-corrected chi connectivity index (χ2v) is 4.26. The summed E-state index contributed by atoms with van der Waals surface area (Å²) >= 11 is 0.984. The number of aromatic carboxylic acids is 2. The van der Waals surface area contributed by atoms with Gasteiger partial charge in [-0.15, -0.1) is 5.10 Å². The molecule has 1 aromatic heterocycles. The molecule has 20 heavy (non-hydrogen) atoms. The number of carboxylic acids is 2. The lowest BCUT2D eigenvalue weighted by Gasteiger charge is -2.06. The molecule has 1 heterocycles. The van der Waals surface area contributed by atoms with Gasteiger partial charge in [0.1, 0.15) is 0 Å². The molecule has 3 N–H and O–H groups in total. The molecule has 0 spiro atoms. The fourth-order valence-corrected chi connectivity index (χ4v) is 1.84. The Morgan fingerprint density at radius 2 is 1.65 bits per heavy atom. The van der Waals surface area contributed by atoms with E-state index in [0.29, 0.717) is 0 Å². The van der Waals surface area contributed by atoms with Crippen molar-refractivity contribution < 1.29 is 24.6 Å². The molecule has 2 rings (SSSR count). The summed E-state index contributed by atoms with van der Waals surface area (Å²) in [5.41, 5.74) is -0.360. The zero-order valence-electron chi connectivity index (χ0n) is 9.73. The molecule has 0 saturated heterocycles. The van der Waals surface area contributed by atoms with Gasteiger partial charge in [0.25, 0.3) is 5.91 Å². The van der Waals surface area contributed by atoms with Crippen LogP contribution in [0.4, 0.5) is 5.69 Å². The molecule has 102 valence electrons. The number of hydrogen-bond acceptors (Lipinski definition) is 6. The molecule has 0 atom stereocenters. The maximum Gasteiger partial charge on any atom is 0.335 e. The van der Waals surface area contributed by atoms with Gasteiger partial charge < -0.3 is 15.5 Å². The highest BCUT2D eigenvalue weighted by Gasteiger charge is 2.14. The molecule has 1 aromatic carbocycles. The Hall–Kier alpha value is -2.81. The predicted molar refractivity (Wildman–Crippen MR) is 68.2 cm³/mol. The maximum absolute atomic E-state index is 11.7. The molecule has 0 aliphatic rings. The summed E-state index contributed by atoms with van der Waals surface area (Å²) in [6.45, 7) is 0. The Bertz CT molecular complexity index is 651. The van der Waals surface area contributed by atoms with E-state index in [-0.39, 0.29) is 22.5 Å². The third-order valence-electron chi connectivity index (χ3n) is 2.28. The second kappa shape index (κ2) is 5.45. The van der Waals surface area contributed by atoms with Crippen molar-refractivity contribution in [2.45, 2.75) is 0 Å². The number of benzene rings is 1. The van der Waals surface area contributed by atoms with Crippen molar-refractivity contribution in [1.82, 2.24) is 9.59 Å². The van der Waals surface area contributed by atoms with Crippen LogP contribution in [0.1, 0.15) is 31.2 Å². The highest BCUT2D eigenvalue weighted by molar-refractivity contribution is 7.03. The van der Waals surface area contributed by atoms with Crippen LogP contribution in [0.5, 0.6) is 0 Å². The van der Waals surface area contributed by atoms with Crippen LogP contribution < -0.4 is 5.32 Å². The largest absolute Gasteiger partial charge is 0.478 e. The average molecular weight is 293 g/mol. The summed E-state index contributed by atoms with van der Waals surface area (Å²) in [4.78, 5) is 33.6. The van der Waals surface area contributed by atoms with Crippen molar-refractivity contribution >= 4 is 35.1 Å². The number of nitrogens with one attached hydrogen (secondary N) is 1. The van der Waals surface area contributed by atoms with Gasteiger partial charge in [0.15, 0.2) is 5.69 Å². The summed E-state index contributed by atoms with van der Waals surface area (Å²) in [6, 6.07) is 3.32. The summed E-state index contributed by atoms with van der Waals surface area (Å²) < 4.78 is 3.52. The SMILES string of the molecule is O=C(O)c1cc(NC(=O)c2csnn2)cc(C(=O)O)c1. The Kier molecular flexibility index (Phi) is 3.71. The lowest BCUT2D eigenvalue weighted by atomic mass is 10.1. The summed E-state index contributed by atoms with van der Waals surface area (Å²) in [5, 5.41) is 25.2. The minimum absolute atomic E-state index is 0.0558. The lowest BCUT2D eigenvalue weighted by Crippen LogP contribution is -2.14. The number of carbonyl (C=O) groups excluding carboxylic acids is 1. The van der Waals surface area contributed by atoms with Gasteiger partial charge in [-0.2, -0.15) is 0 Å². The fraction of sp³-hybridized carbons (Fsp3) is 0. The normalized spacial score (nSPS) is 10.0. The smallest absolute Gasteiger partial charge is 0.335 e. The van der Waals surface area contributed by atoms with Gasteiger partial charge in [-0.3, -0.25) is 4.79 Å². The number of amides is 1. The van der Waals surface area contributed by atoms with Gasteiger partial charge in [0.2, 0.25) is 0 Å². The molecular weight excluding hydrogens is 286 g/mol. The summed E-state index contributed by atoms with van der Waals surface area (Å²) in [7, 11) is 0. The molecule has 9 heteroatoms. The standard InChI is InChI=1S/C11H7N3O5S/c15-9(8-4-20-14-13-8)12-7-2-5(10(16)17)1-6(3-7)11(18)19/h1-4H,(H,12,15)(H,16,17)(H,18,19). The van der Waals surface area contributed by atoms with Gasteiger partial charge >= 0.3 is 11.9 Å². The molecular formula is C11H7N3O5S. The number of anilines is 1. The quantitative estimate of drug-likeness (QED) is 0.771. The van der Waals surface area contributed by atoms with Gasteiger partial charge in [-0.05, 0) is 29.7 Å². The first-order valence-electron chi connectivity index (χ1n) is 5.17. The van der Waals surface area contributed by atoms with Gasteiger partial charge in [0.05, 0.1) is 11.1 Å². The molecule has 0 aliphatic carbocycles. The molecule has 0 saturated carbocycles. The molecule has 0 fully saturated rings. The van der Waals surface area contributed by atoms with Crippen LogP contribution in [0.25, 0.3) is 0 Å². The van der Waals surface area contributed by atoms with E-state index in [2.05, 4.69) is 14.9 Å². The van der Waals surface area contributed by atoms with Crippen LogP contribution in [-0.4, -0.2) is 37.6 Å². The van der Waals surface area contributed by atoms with E-state index in [1.807, 2.05) is 0 Å². The Morgan fingerprint density at radius 3 is 2.10 bits per heavy atom. The van der Waals surface area contributed by atoms with E-state index in [0.717, 1.165) is 29.7 Å². The minimum atomic E-state index is -1.29. The van der Waals surface area contributed by atoms with Crippen molar-refractivity contribution in [2.75, 3.05) is 5.32 Å². The molecule has 0 bridgehead atoms.